The number of benzene rings is 2. The number of carbonyl (C=O) groups is 2. The van der Waals surface area contributed by atoms with Gasteiger partial charge in [0.15, 0.2) is 0 Å². The van der Waals surface area contributed by atoms with Gasteiger partial charge in [-0.05, 0) is 23.8 Å². The molecule has 2 aromatic rings. The van der Waals surface area contributed by atoms with Gasteiger partial charge in [-0.1, -0.05) is 18.2 Å². The summed E-state index contributed by atoms with van der Waals surface area (Å²) in [5.74, 6) is -1.73. The van der Waals surface area contributed by atoms with Gasteiger partial charge < -0.3 is 0 Å². The second-order valence-corrected chi connectivity index (χ2v) is 4.78. The maximum absolute atomic E-state index is 12.9. The molecule has 0 unspecified atom stereocenters. The normalized spacial score (nSPS) is 13.4. The van der Waals surface area contributed by atoms with Crippen molar-refractivity contribution in [2.75, 3.05) is 0 Å². The first kappa shape index (κ1) is 13.9. The molecule has 0 fully saturated rings. The van der Waals surface area contributed by atoms with Gasteiger partial charge in [-0.2, -0.15) is 0 Å². The summed E-state index contributed by atoms with van der Waals surface area (Å²) in [6.07, 6.45) is 0. The first-order valence-electron chi connectivity index (χ1n) is 6.37. The average Bonchev–Trinajstić information content (AvgIpc) is 2.74. The zero-order valence-electron chi connectivity index (χ0n) is 11.2. The average molecular weight is 300 g/mol. The number of hydrogen-bond acceptors (Lipinski definition) is 4. The van der Waals surface area contributed by atoms with Gasteiger partial charge in [-0.15, -0.1) is 0 Å². The van der Waals surface area contributed by atoms with E-state index >= 15 is 0 Å². The number of amides is 2. The Morgan fingerprint density at radius 3 is 2.36 bits per heavy atom. The van der Waals surface area contributed by atoms with Gasteiger partial charge >= 0.3 is 0 Å². The predicted molar refractivity (Wildman–Crippen MR) is 73.7 cm³/mol. The van der Waals surface area contributed by atoms with E-state index in [9.17, 15) is 24.1 Å². The molecule has 1 aliphatic heterocycles. The molecule has 22 heavy (non-hydrogen) atoms. The first-order chi connectivity index (χ1) is 10.5. The van der Waals surface area contributed by atoms with Crippen LogP contribution in [-0.4, -0.2) is 21.6 Å². The van der Waals surface area contributed by atoms with Crippen molar-refractivity contribution in [3.05, 3.63) is 75.1 Å². The topological polar surface area (TPSA) is 80.5 Å². The second-order valence-electron chi connectivity index (χ2n) is 4.78. The van der Waals surface area contributed by atoms with Crippen LogP contribution in [0.15, 0.2) is 42.5 Å². The van der Waals surface area contributed by atoms with E-state index in [0.29, 0.717) is 5.56 Å². The SMILES string of the molecule is O=C1c2cccc([N+](=O)[O-])c2C(=O)N1Cc1ccc(F)cc1. The highest BCUT2D eigenvalue weighted by atomic mass is 19.1. The summed E-state index contributed by atoms with van der Waals surface area (Å²) in [5.41, 5.74) is -0.0167. The van der Waals surface area contributed by atoms with Crippen molar-refractivity contribution < 1.29 is 18.9 Å². The van der Waals surface area contributed by atoms with Gasteiger partial charge in [-0.25, -0.2) is 4.39 Å². The molecule has 2 amide bonds. The molecule has 0 bridgehead atoms. The monoisotopic (exact) mass is 300 g/mol. The fourth-order valence-electron chi connectivity index (χ4n) is 2.38. The number of hydrogen-bond donors (Lipinski definition) is 0. The zero-order valence-corrected chi connectivity index (χ0v) is 11.2. The van der Waals surface area contributed by atoms with Crippen molar-refractivity contribution in [2.24, 2.45) is 0 Å². The number of nitro benzene ring substituents is 1. The van der Waals surface area contributed by atoms with Gasteiger partial charge in [0.2, 0.25) is 0 Å². The van der Waals surface area contributed by atoms with Crippen LogP contribution >= 0.6 is 0 Å². The van der Waals surface area contributed by atoms with E-state index < -0.39 is 28.2 Å². The maximum atomic E-state index is 12.9. The van der Waals surface area contributed by atoms with Crippen LogP contribution in [0.5, 0.6) is 0 Å². The molecule has 0 N–H and O–H groups in total. The summed E-state index contributed by atoms with van der Waals surface area (Å²) in [4.78, 5) is 35.8. The van der Waals surface area contributed by atoms with Crippen molar-refractivity contribution in [3.63, 3.8) is 0 Å². The van der Waals surface area contributed by atoms with E-state index in [4.69, 9.17) is 0 Å². The molecule has 2 aromatic carbocycles. The molecular weight excluding hydrogens is 291 g/mol. The summed E-state index contributed by atoms with van der Waals surface area (Å²) in [6.45, 7) is -0.0657. The summed E-state index contributed by atoms with van der Waals surface area (Å²) in [6, 6.07) is 9.27. The van der Waals surface area contributed by atoms with Crippen LogP contribution in [0.4, 0.5) is 10.1 Å². The molecule has 1 aliphatic rings. The van der Waals surface area contributed by atoms with Gasteiger partial charge in [0.05, 0.1) is 17.0 Å². The van der Waals surface area contributed by atoms with E-state index in [1.54, 1.807) is 0 Å². The largest absolute Gasteiger partial charge is 0.282 e. The number of nitro groups is 1. The van der Waals surface area contributed by atoms with E-state index in [2.05, 4.69) is 0 Å². The van der Waals surface area contributed by atoms with E-state index in [1.807, 2.05) is 0 Å². The lowest BCUT2D eigenvalue weighted by molar-refractivity contribution is -0.385. The Morgan fingerprint density at radius 1 is 1.05 bits per heavy atom. The highest BCUT2D eigenvalue weighted by Gasteiger charge is 2.40. The van der Waals surface area contributed by atoms with Crippen LogP contribution in [0, 0.1) is 15.9 Å². The quantitative estimate of drug-likeness (QED) is 0.495. The number of nitrogens with zero attached hydrogens (tertiary/aromatic N) is 2. The standard InChI is InChI=1S/C15H9FN2O4/c16-10-6-4-9(5-7-10)8-17-14(19)11-2-1-3-12(18(21)22)13(11)15(17)20/h1-7H,8H2. The molecule has 6 nitrogen and oxygen atoms in total. The minimum atomic E-state index is -0.711. The molecule has 0 radical (unpaired) electrons. The van der Waals surface area contributed by atoms with Crippen molar-refractivity contribution in [2.45, 2.75) is 6.54 Å². The molecule has 110 valence electrons. The van der Waals surface area contributed by atoms with Crippen LogP contribution in [0.2, 0.25) is 0 Å². The summed E-state index contributed by atoms with van der Waals surface area (Å²) in [7, 11) is 0. The number of imide groups is 1. The predicted octanol–water partition coefficient (Wildman–Crippen LogP) is 2.53. The zero-order chi connectivity index (χ0) is 15.9. The van der Waals surface area contributed by atoms with Crippen molar-refractivity contribution in [1.29, 1.82) is 0 Å². The van der Waals surface area contributed by atoms with Crippen molar-refractivity contribution in [3.8, 4) is 0 Å². The van der Waals surface area contributed by atoms with E-state index in [-0.39, 0.29) is 17.7 Å². The molecule has 0 aromatic heterocycles. The third kappa shape index (κ3) is 2.12. The summed E-state index contributed by atoms with van der Waals surface area (Å²) >= 11 is 0. The lowest BCUT2D eigenvalue weighted by atomic mass is 10.1. The number of rotatable bonds is 3. The Morgan fingerprint density at radius 2 is 1.73 bits per heavy atom. The van der Waals surface area contributed by atoms with Crippen LogP contribution in [0.1, 0.15) is 26.3 Å². The van der Waals surface area contributed by atoms with Crippen LogP contribution < -0.4 is 0 Å². The van der Waals surface area contributed by atoms with Gasteiger partial charge in [0, 0.05) is 6.07 Å². The van der Waals surface area contributed by atoms with Gasteiger partial charge in [0.25, 0.3) is 17.5 Å². The molecular formula is C15H9FN2O4. The third-order valence-corrected chi connectivity index (χ3v) is 3.43. The first-order valence-corrected chi connectivity index (χ1v) is 6.37. The Kier molecular flexibility index (Phi) is 3.17. The van der Waals surface area contributed by atoms with Crippen LogP contribution in [-0.2, 0) is 6.54 Å². The van der Waals surface area contributed by atoms with Crippen LogP contribution in [0.3, 0.4) is 0 Å². The number of carbonyl (C=O) groups excluding carboxylic acids is 2. The Labute approximate surface area is 123 Å². The molecule has 0 atom stereocenters. The van der Waals surface area contributed by atoms with Gasteiger partial charge in [-0.3, -0.25) is 24.6 Å². The Hall–Kier alpha value is -3.09. The minimum absolute atomic E-state index is 0.0151. The molecule has 0 aliphatic carbocycles. The van der Waals surface area contributed by atoms with Gasteiger partial charge in [0.1, 0.15) is 11.4 Å². The highest BCUT2D eigenvalue weighted by molar-refractivity contribution is 6.23. The maximum Gasteiger partial charge on any atom is 0.282 e. The number of fused-ring (bicyclic) bond motifs is 1. The smallest absolute Gasteiger partial charge is 0.270 e. The fourth-order valence-corrected chi connectivity index (χ4v) is 2.38. The summed E-state index contributed by atoms with van der Waals surface area (Å²) in [5, 5.41) is 11.0. The lowest BCUT2D eigenvalue weighted by Gasteiger charge is -2.13. The second kappa shape index (κ2) is 5.03. The number of halogens is 1. The molecule has 0 spiro atoms. The Balaban J connectivity index is 1.98. The summed E-state index contributed by atoms with van der Waals surface area (Å²) < 4.78 is 12.9. The van der Waals surface area contributed by atoms with Crippen molar-refractivity contribution >= 4 is 17.5 Å². The fraction of sp³-hybridized carbons (Fsp3) is 0.0667. The molecule has 0 saturated heterocycles. The van der Waals surface area contributed by atoms with Crippen molar-refractivity contribution in [1.82, 2.24) is 4.90 Å². The minimum Gasteiger partial charge on any atom is -0.270 e. The third-order valence-electron chi connectivity index (χ3n) is 3.43. The highest BCUT2D eigenvalue weighted by Crippen LogP contribution is 2.31. The molecule has 3 rings (SSSR count). The molecule has 7 heteroatoms. The Bertz CT molecular complexity index is 802. The molecule has 0 saturated carbocycles. The lowest BCUT2D eigenvalue weighted by Crippen LogP contribution is -2.29. The van der Waals surface area contributed by atoms with E-state index in [1.165, 1.54) is 42.5 Å². The molecule has 1 heterocycles. The van der Waals surface area contributed by atoms with E-state index in [0.717, 1.165) is 4.90 Å². The van der Waals surface area contributed by atoms with Crippen LogP contribution in [0.25, 0.3) is 0 Å².